The van der Waals surface area contributed by atoms with Crippen LogP contribution in [0.5, 0.6) is 0 Å². The van der Waals surface area contributed by atoms with E-state index in [1.165, 1.54) is 12.1 Å². The Morgan fingerprint density at radius 3 is 2.73 bits per heavy atom. The molecule has 6 heteroatoms. The van der Waals surface area contributed by atoms with E-state index >= 15 is 0 Å². The molecule has 1 aliphatic rings. The summed E-state index contributed by atoms with van der Waals surface area (Å²) in [5, 5.41) is 0.837. The van der Waals surface area contributed by atoms with E-state index in [9.17, 15) is 9.18 Å². The van der Waals surface area contributed by atoms with Gasteiger partial charge in [-0.05, 0) is 58.3 Å². The number of halogens is 1. The van der Waals surface area contributed by atoms with E-state index < -0.39 is 0 Å². The molecule has 1 aromatic heterocycles. The highest BCUT2D eigenvalue weighted by Gasteiger charge is 2.29. The van der Waals surface area contributed by atoms with E-state index in [0.29, 0.717) is 12.6 Å². The van der Waals surface area contributed by atoms with Gasteiger partial charge in [-0.25, -0.2) is 4.39 Å². The summed E-state index contributed by atoms with van der Waals surface area (Å²) >= 11 is 0. The van der Waals surface area contributed by atoms with Crippen LogP contribution in [0, 0.1) is 11.7 Å². The molecule has 3 rings (SSSR count). The summed E-state index contributed by atoms with van der Waals surface area (Å²) in [6.07, 6.45) is 1.95. The minimum atomic E-state index is -0.246. The lowest BCUT2D eigenvalue weighted by atomic mass is 10.00. The standard InChI is InChI=1S/C20H29FN4O/c1-23(2)18-7-5-14(11-24(3)13-18)20(26)25(4)12-17-10-15-9-16(21)6-8-19(15)22-17/h6,8-10,14,18,22H,5,7,11-13H2,1-4H3/t14-,18+/m1/s1. The van der Waals surface area contributed by atoms with Crippen molar-refractivity contribution in [2.24, 2.45) is 5.92 Å². The Hall–Kier alpha value is -1.92. The number of likely N-dealkylation sites (tertiary alicyclic amines) is 1. The third-order valence-electron chi connectivity index (χ3n) is 5.40. The Labute approximate surface area is 154 Å². The van der Waals surface area contributed by atoms with Gasteiger partial charge in [-0.2, -0.15) is 0 Å². The van der Waals surface area contributed by atoms with Gasteiger partial charge in [0.05, 0.1) is 12.5 Å². The summed E-state index contributed by atoms with van der Waals surface area (Å²) in [7, 11) is 8.15. The molecule has 0 spiro atoms. The van der Waals surface area contributed by atoms with E-state index in [4.69, 9.17) is 0 Å². The number of carbonyl (C=O) groups is 1. The van der Waals surface area contributed by atoms with E-state index in [2.05, 4.69) is 35.9 Å². The average molecular weight is 360 g/mol. The van der Waals surface area contributed by atoms with Crippen molar-refractivity contribution in [1.29, 1.82) is 0 Å². The number of rotatable bonds is 4. The van der Waals surface area contributed by atoms with Crippen LogP contribution in [-0.4, -0.2) is 72.9 Å². The van der Waals surface area contributed by atoms with Gasteiger partial charge in [0, 0.05) is 42.8 Å². The van der Waals surface area contributed by atoms with Gasteiger partial charge in [-0.1, -0.05) is 0 Å². The lowest BCUT2D eigenvalue weighted by Crippen LogP contribution is -2.39. The number of amides is 1. The van der Waals surface area contributed by atoms with Gasteiger partial charge in [-0.15, -0.1) is 0 Å². The minimum absolute atomic E-state index is 0.0248. The van der Waals surface area contributed by atoms with Gasteiger partial charge in [0.1, 0.15) is 5.82 Å². The summed E-state index contributed by atoms with van der Waals surface area (Å²) in [5.74, 6) is -0.0396. The molecule has 0 bridgehead atoms. The first-order valence-corrected chi connectivity index (χ1v) is 9.20. The quantitative estimate of drug-likeness (QED) is 0.911. The van der Waals surface area contributed by atoms with E-state index in [1.807, 2.05) is 13.1 Å². The van der Waals surface area contributed by atoms with Crippen molar-refractivity contribution < 1.29 is 9.18 Å². The molecule has 2 heterocycles. The van der Waals surface area contributed by atoms with Crippen LogP contribution in [0.2, 0.25) is 0 Å². The van der Waals surface area contributed by atoms with E-state index in [0.717, 1.165) is 42.5 Å². The number of nitrogens with zero attached hydrogens (tertiary/aromatic N) is 3. The summed E-state index contributed by atoms with van der Waals surface area (Å²) in [6, 6.07) is 7.10. The average Bonchev–Trinajstić information content (AvgIpc) is 2.85. The monoisotopic (exact) mass is 360 g/mol. The van der Waals surface area contributed by atoms with Gasteiger partial charge < -0.3 is 19.7 Å². The zero-order valence-electron chi connectivity index (χ0n) is 16.1. The third kappa shape index (κ3) is 4.24. The minimum Gasteiger partial charge on any atom is -0.357 e. The molecule has 1 aromatic carbocycles. The second-order valence-electron chi connectivity index (χ2n) is 7.83. The molecule has 26 heavy (non-hydrogen) atoms. The fourth-order valence-electron chi connectivity index (χ4n) is 3.90. The first-order chi connectivity index (χ1) is 12.3. The van der Waals surface area contributed by atoms with Gasteiger partial charge in [0.25, 0.3) is 0 Å². The molecule has 1 N–H and O–H groups in total. The normalized spacial score (nSPS) is 21.9. The van der Waals surface area contributed by atoms with Crippen LogP contribution in [-0.2, 0) is 11.3 Å². The van der Waals surface area contributed by atoms with Crippen LogP contribution >= 0.6 is 0 Å². The molecule has 1 saturated heterocycles. The molecular weight excluding hydrogens is 331 g/mol. The number of fused-ring (bicyclic) bond motifs is 1. The Kier molecular flexibility index (Phi) is 5.63. The van der Waals surface area contributed by atoms with E-state index in [-0.39, 0.29) is 17.6 Å². The second kappa shape index (κ2) is 7.76. The van der Waals surface area contributed by atoms with E-state index in [1.54, 1.807) is 11.0 Å². The smallest absolute Gasteiger partial charge is 0.227 e. The highest BCUT2D eigenvalue weighted by molar-refractivity contribution is 5.81. The molecule has 0 unspecified atom stereocenters. The number of H-pyrrole nitrogens is 1. The molecular formula is C20H29FN4O. The Morgan fingerprint density at radius 1 is 1.23 bits per heavy atom. The molecule has 5 nitrogen and oxygen atoms in total. The lowest BCUT2D eigenvalue weighted by Gasteiger charge is -2.26. The van der Waals surface area contributed by atoms with Crippen molar-refractivity contribution in [3.05, 3.63) is 35.8 Å². The number of nitrogens with one attached hydrogen (secondary N) is 1. The Balaban J connectivity index is 1.66. The largest absolute Gasteiger partial charge is 0.357 e. The number of aromatic nitrogens is 1. The molecule has 0 aliphatic carbocycles. The van der Waals surface area contributed by atoms with Gasteiger partial charge in [0.15, 0.2) is 0 Å². The maximum absolute atomic E-state index is 13.4. The SMILES string of the molecule is CN1C[C@H](C(=O)N(C)Cc2cc3cc(F)ccc3[nH]2)CC[C@H](N(C)C)C1. The molecule has 0 radical (unpaired) electrons. The molecule has 1 aliphatic heterocycles. The van der Waals surface area contributed by atoms with Gasteiger partial charge in [-0.3, -0.25) is 4.79 Å². The molecule has 1 fully saturated rings. The van der Waals surface area contributed by atoms with Crippen molar-refractivity contribution in [2.45, 2.75) is 25.4 Å². The summed E-state index contributed by atoms with van der Waals surface area (Å²) in [4.78, 5) is 22.5. The highest BCUT2D eigenvalue weighted by Crippen LogP contribution is 2.22. The van der Waals surface area contributed by atoms with Crippen molar-refractivity contribution >= 4 is 16.8 Å². The van der Waals surface area contributed by atoms with Crippen LogP contribution in [0.25, 0.3) is 10.9 Å². The summed E-state index contributed by atoms with van der Waals surface area (Å²) < 4.78 is 13.4. The van der Waals surface area contributed by atoms with Crippen molar-refractivity contribution in [2.75, 3.05) is 41.3 Å². The van der Waals surface area contributed by atoms with Crippen LogP contribution in [0.15, 0.2) is 24.3 Å². The van der Waals surface area contributed by atoms with Crippen LogP contribution < -0.4 is 0 Å². The number of hydrogen-bond acceptors (Lipinski definition) is 3. The van der Waals surface area contributed by atoms with Crippen LogP contribution in [0.4, 0.5) is 4.39 Å². The number of likely N-dealkylation sites (N-methyl/N-ethyl adjacent to an activating group) is 2. The fraction of sp³-hybridized carbons (Fsp3) is 0.550. The topological polar surface area (TPSA) is 42.6 Å². The Morgan fingerprint density at radius 2 is 2.00 bits per heavy atom. The first-order valence-electron chi connectivity index (χ1n) is 9.20. The predicted molar refractivity (Wildman–Crippen MR) is 102 cm³/mol. The zero-order chi connectivity index (χ0) is 18.8. The third-order valence-corrected chi connectivity index (χ3v) is 5.40. The summed E-state index contributed by atoms with van der Waals surface area (Å²) in [6.45, 7) is 2.30. The zero-order valence-corrected chi connectivity index (χ0v) is 16.1. The number of benzene rings is 1. The molecule has 142 valence electrons. The maximum atomic E-state index is 13.4. The maximum Gasteiger partial charge on any atom is 0.227 e. The van der Waals surface area contributed by atoms with Gasteiger partial charge >= 0.3 is 0 Å². The molecule has 2 atom stereocenters. The first kappa shape index (κ1) is 18.9. The molecule has 2 aromatic rings. The highest BCUT2D eigenvalue weighted by atomic mass is 19.1. The fourth-order valence-corrected chi connectivity index (χ4v) is 3.90. The lowest BCUT2D eigenvalue weighted by molar-refractivity contribution is -0.135. The van der Waals surface area contributed by atoms with Crippen molar-refractivity contribution in [3.63, 3.8) is 0 Å². The van der Waals surface area contributed by atoms with Crippen molar-refractivity contribution in [1.82, 2.24) is 19.7 Å². The molecule has 0 saturated carbocycles. The van der Waals surface area contributed by atoms with Crippen molar-refractivity contribution in [3.8, 4) is 0 Å². The van der Waals surface area contributed by atoms with Crippen LogP contribution in [0.3, 0.4) is 0 Å². The number of aromatic amines is 1. The predicted octanol–water partition coefficient (Wildman–Crippen LogP) is 2.54. The van der Waals surface area contributed by atoms with Crippen LogP contribution in [0.1, 0.15) is 18.5 Å². The summed E-state index contributed by atoms with van der Waals surface area (Å²) in [5.41, 5.74) is 1.82. The molecule has 1 amide bonds. The second-order valence-corrected chi connectivity index (χ2v) is 7.83. The Bertz CT molecular complexity index is 772. The number of carbonyl (C=O) groups excluding carboxylic acids is 1. The van der Waals surface area contributed by atoms with Gasteiger partial charge in [0.2, 0.25) is 5.91 Å². The number of hydrogen-bond donors (Lipinski definition) is 1.